The Hall–Kier alpha value is -1.61. The van der Waals surface area contributed by atoms with Crippen LogP contribution in [0.2, 0.25) is 0 Å². The molecule has 6 heteroatoms. The van der Waals surface area contributed by atoms with E-state index < -0.39 is 0 Å². The van der Waals surface area contributed by atoms with E-state index in [-0.39, 0.29) is 18.6 Å². The lowest BCUT2D eigenvalue weighted by Gasteiger charge is -2.22. The molecule has 0 bridgehead atoms. The molecule has 0 aromatic heterocycles. The van der Waals surface area contributed by atoms with Crippen LogP contribution in [-0.2, 0) is 9.53 Å². The lowest BCUT2D eigenvalue weighted by atomic mass is 9.96. The summed E-state index contributed by atoms with van der Waals surface area (Å²) >= 11 is 0. The molecular formula is C11H17N3O3. The zero-order valence-corrected chi connectivity index (χ0v) is 9.69. The van der Waals surface area contributed by atoms with Gasteiger partial charge >= 0.3 is 0 Å². The number of nitrogens with zero attached hydrogens (tertiary/aromatic N) is 2. The number of rotatable bonds is 5. The molecule has 2 N–H and O–H groups in total. The Balaban J connectivity index is 2.11. The van der Waals surface area contributed by atoms with Crippen molar-refractivity contribution in [3.05, 3.63) is 0 Å². The number of carbonyl (C=O) groups is 1. The van der Waals surface area contributed by atoms with Gasteiger partial charge in [-0.15, -0.1) is 0 Å². The highest BCUT2D eigenvalue weighted by Gasteiger charge is 2.19. The molecule has 1 aliphatic carbocycles. The van der Waals surface area contributed by atoms with E-state index in [0.717, 1.165) is 31.4 Å². The van der Waals surface area contributed by atoms with Gasteiger partial charge in [0.2, 0.25) is 5.91 Å². The molecule has 1 saturated carbocycles. The maximum absolute atomic E-state index is 11.3. The van der Waals surface area contributed by atoms with Crippen LogP contribution in [0.1, 0.15) is 32.1 Å². The predicted octanol–water partition coefficient (Wildman–Crippen LogP) is 0.806. The van der Waals surface area contributed by atoms with Crippen LogP contribution in [0.5, 0.6) is 0 Å². The molecular weight excluding hydrogens is 222 g/mol. The smallest absolute Gasteiger partial charge is 0.246 e. The van der Waals surface area contributed by atoms with Crippen molar-refractivity contribution in [1.82, 2.24) is 5.32 Å². The van der Waals surface area contributed by atoms with Crippen LogP contribution < -0.4 is 5.32 Å². The molecule has 1 fully saturated rings. The zero-order valence-electron chi connectivity index (χ0n) is 9.69. The Kier molecular flexibility index (Phi) is 6.04. The Bertz CT molecular complexity index is 312. The summed E-state index contributed by atoms with van der Waals surface area (Å²) in [6, 6.07) is 1.95. The standard InChI is InChI=1S/C11H17N3O3/c12-6-1-7-13-11(15)8-17-10-4-2-9(14-16)3-5-10/h10,16H,1-5,7-8H2,(H,13,15). The van der Waals surface area contributed by atoms with Gasteiger partial charge in [0.25, 0.3) is 0 Å². The molecule has 94 valence electrons. The van der Waals surface area contributed by atoms with Crippen LogP contribution in [0.3, 0.4) is 0 Å². The van der Waals surface area contributed by atoms with Crippen LogP contribution in [0, 0.1) is 11.3 Å². The maximum Gasteiger partial charge on any atom is 0.246 e. The fraction of sp³-hybridized carbons (Fsp3) is 0.727. The molecule has 17 heavy (non-hydrogen) atoms. The largest absolute Gasteiger partial charge is 0.411 e. The van der Waals surface area contributed by atoms with E-state index in [4.69, 9.17) is 15.2 Å². The summed E-state index contributed by atoms with van der Waals surface area (Å²) in [6.07, 6.45) is 3.37. The highest BCUT2D eigenvalue weighted by molar-refractivity contribution is 5.84. The van der Waals surface area contributed by atoms with Crippen LogP contribution in [0.15, 0.2) is 5.16 Å². The summed E-state index contributed by atoms with van der Waals surface area (Å²) in [4.78, 5) is 11.3. The number of hydrogen-bond acceptors (Lipinski definition) is 5. The first kappa shape index (κ1) is 13.5. The molecule has 1 rings (SSSR count). The monoisotopic (exact) mass is 239 g/mol. The minimum absolute atomic E-state index is 0.0295. The van der Waals surface area contributed by atoms with E-state index in [9.17, 15) is 4.79 Å². The van der Waals surface area contributed by atoms with Gasteiger partial charge in [0.05, 0.1) is 24.3 Å². The second kappa shape index (κ2) is 7.63. The van der Waals surface area contributed by atoms with Gasteiger partial charge in [0.1, 0.15) is 6.61 Å². The molecule has 0 radical (unpaired) electrons. The van der Waals surface area contributed by atoms with Gasteiger partial charge in [0.15, 0.2) is 0 Å². The molecule has 0 spiro atoms. The molecule has 0 aromatic rings. The number of amides is 1. The average molecular weight is 239 g/mol. The summed E-state index contributed by atoms with van der Waals surface area (Å²) in [6.45, 7) is 0.395. The fourth-order valence-corrected chi connectivity index (χ4v) is 1.69. The first-order valence-corrected chi connectivity index (χ1v) is 5.71. The molecule has 0 saturated heterocycles. The number of nitriles is 1. The van der Waals surface area contributed by atoms with Crippen LogP contribution in [-0.4, -0.2) is 36.1 Å². The van der Waals surface area contributed by atoms with Crippen molar-refractivity contribution < 1.29 is 14.7 Å². The van der Waals surface area contributed by atoms with E-state index in [1.165, 1.54) is 0 Å². The van der Waals surface area contributed by atoms with Crippen molar-refractivity contribution >= 4 is 11.6 Å². The third kappa shape index (κ3) is 5.31. The van der Waals surface area contributed by atoms with Crippen molar-refractivity contribution in [2.75, 3.05) is 13.2 Å². The normalized spacial score (nSPS) is 19.5. The number of nitrogens with one attached hydrogen (secondary N) is 1. The second-order valence-electron chi connectivity index (χ2n) is 3.93. The Morgan fingerprint density at radius 3 is 2.88 bits per heavy atom. The van der Waals surface area contributed by atoms with E-state index >= 15 is 0 Å². The van der Waals surface area contributed by atoms with E-state index in [1.807, 2.05) is 6.07 Å². The molecule has 0 unspecified atom stereocenters. The minimum Gasteiger partial charge on any atom is -0.411 e. The zero-order chi connectivity index (χ0) is 12.5. The first-order chi connectivity index (χ1) is 8.26. The van der Waals surface area contributed by atoms with Gasteiger partial charge in [-0.1, -0.05) is 5.16 Å². The van der Waals surface area contributed by atoms with Gasteiger partial charge in [-0.05, 0) is 25.7 Å². The van der Waals surface area contributed by atoms with Gasteiger partial charge in [-0.25, -0.2) is 0 Å². The quantitative estimate of drug-likeness (QED) is 0.421. The fourth-order valence-electron chi connectivity index (χ4n) is 1.69. The Labute approximate surface area is 100 Å². The summed E-state index contributed by atoms with van der Waals surface area (Å²) < 4.78 is 5.44. The van der Waals surface area contributed by atoms with Gasteiger partial charge in [-0.3, -0.25) is 4.79 Å². The summed E-state index contributed by atoms with van der Waals surface area (Å²) in [5.74, 6) is -0.193. The lowest BCUT2D eigenvalue weighted by molar-refractivity contribution is -0.128. The topological polar surface area (TPSA) is 94.7 Å². The summed E-state index contributed by atoms with van der Waals surface area (Å²) in [5, 5.41) is 22.6. The second-order valence-corrected chi connectivity index (χ2v) is 3.93. The Morgan fingerprint density at radius 1 is 1.59 bits per heavy atom. The van der Waals surface area contributed by atoms with Gasteiger partial charge in [0, 0.05) is 6.54 Å². The maximum atomic E-state index is 11.3. The van der Waals surface area contributed by atoms with Crippen molar-refractivity contribution in [2.24, 2.45) is 5.16 Å². The molecule has 0 aromatic carbocycles. The number of ether oxygens (including phenoxy) is 1. The summed E-state index contributed by atoms with van der Waals surface area (Å²) in [7, 11) is 0. The Morgan fingerprint density at radius 2 is 2.29 bits per heavy atom. The van der Waals surface area contributed by atoms with Crippen molar-refractivity contribution in [3.8, 4) is 6.07 Å². The van der Waals surface area contributed by atoms with Crippen molar-refractivity contribution in [2.45, 2.75) is 38.2 Å². The van der Waals surface area contributed by atoms with E-state index in [0.29, 0.717) is 13.0 Å². The molecule has 1 aliphatic rings. The average Bonchev–Trinajstić information content (AvgIpc) is 2.37. The molecule has 0 heterocycles. The molecule has 0 aliphatic heterocycles. The number of oxime groups is 1. The number of hydrogen-bond donors (Lipinski definition) is 2. The van der Waals surface area contributed by atoms with Crippen LogP contribution in [0.4, 0.5) is 0 Å². The minimum atomic E-state index is -0.193. The summed E-state index contributed by atoms with van der Waals surface area (Å²) in [5.41, 5.74) is 0.795. The lowest BCUT2D eigenvalue weighted by Crippen LogP contribution is -2.31. The first-order valence-electron chi connectivity index (χ1n) is 5.71. The highest BCUT2D eigenvalue weighted by atomic mass is 16.5. The predicted molar refractivity (Wildman–Crippen MR) is 60.7 cm³/mol. The molecule has 1 amide bonds. The van der Waals surface area contributed by atoms with E-state index in [2.05, 4.69) is 10.5 Å². The molecule has 6 nitrogen and oxygen atoms in total. The third-order valence-corrected chi connectivity index (χ3v) is 2.66. The third-order valence-electron chi connectivity index (χ3n) is 2.66. The van der Waals surface area contributed by atoms with Crippen LogP contribution in [0.25, 0.3) is 0 Å². The van der Waals surface area contributed by atoms with E-state index in [1.54, 1.807) is 0 Å². The SMILES string of the molecule is N#CCCNC(=O)COC1CCC(=NO)CC1. The highest BCUT2D eigenvalue weighted by Crippen LogP contribution is 2.18. The van der Waals surface area contributed by atoms with Gasteiger partial charge < -0.3 is 15.3 Å². The van der Waals surface area contributed by atoms with Crippen molar-refractivity contribution in [3.63, 3.8) is 0 Å². The van der Waals surface area contributed by atoms with Crippen molar-refractivity contribution in [1.29, 1.82) is 5.26 Å². The van der Waals surface area contributed by atoms with Gasteiger partial charge in [-0.2, -0.15) is 5.26 Å². The molecule has 0 atom stereocenters. The number of carbonyl (C=O) groups excluding carboxylic acids is 1. The van der Waals surface area contributed by atoms with Crippen LogP contribution >= 0.6 is 0 Å².